The first-order valence-electron chi connectivity index (χ1n) is 9.45. The lowest BCUT2D eigenvalue weighted by Gasteiger charge is -2.21. The van der Waals surface area contributed by atoms with Gasteiger partial charge in [-0.05, 0) is 31.7 Å². The molecule has 1 unspecified atom stereocenters. The average Bonchev–Trinajstić information content (AvgIpc) is 3.37. The van der Waals surface area contributed by atoms with Crippen LogP contribution in [0.1, 0.15) is 42.3 Å². The molecule has 27 heavy (non-hydrogen) atoms. The number of nitrogens with zero attached hydrogens (tertiary/aromatic N) is 3. The molecule has 0 radical (unpaired) electrons. The number of benzene rings is 2. The van der Waals surface area contributed by atoms with Crippen LogP contribution in [0.2, 0.25) is 0 Å². The quantitative estimate of drug-likeness (QED) is 0.678. The van der Waals surface area contributed by atoms with Crippen molar-refractivity contribution in [3.8, 4) is 11.4 Å². The summed E-state index contributed by atoms with van der Waals surface area (Å²) in [5, 5.41) is 4.12. The van der Waals surface area contributed by atoms with Crippen molar-refractivity contribution < 1.29 is 9.32 Å². The van der Waals surface area contributed by atoms with Gasteiger partial charge in [0.1, 0.15) is 6.04 Å². The Kier molecular flexibility index (Phi) is 5.01. The van der Waals surface area contributed by atoms with Crippen LogP contribution in [-0.4, -0.2) is 27.5 Å². The Balaban J connectivity index is 1.45. The molecule has 1 amide bonds. The number of aryl methyl sites for hydroxylation is 2. The summed E-state index contributed by atoms with van der Waals surface area (Å²) >= 11 is 0. The number of rotatable bonds is 5. The fourth-order valence-electron chi connectivity index (χ4n) is 3.55. The van der Waals surface area contributed by atoms with Gasteiger partial charge in [0.15, 0.2) is 0 Å². The van der Waals surface area contributed by atoms with Crippen molar-refractivity contribution in [1.29, 1.82) is 0 Å². The summed E-state index contributed by atoms with van der Waals surface area (Å²) in [6.07, 6.45) is 3.08. The largest absolute Gasteiger partial charge is 0.337 e. The molecule has 5 heteroatoms. The highest BCUT2D eigenvalue weighted by Gasteiger charge is 2.33. The summed E-state index contributed by atoms with van der Waals surface area (Å²) in [7, 11) is 0. The third-order valence-electron chi connectivity index (χ3n) is 5.08. The summed E-state index contributed by atoms with van der Waals surface area (Å²) in [4.78, 5) is 19.2. The minimum atomic E-state index is -0.111. The zero-order valence-electron chi connectivity index (χ0n) is 15.5. The van der Waals surface area contributed by atoms with Crippen LogP contribution < -0.4 is 0 Å². The minimum absolute atomic E-state index is 0.111. The maximum absolute atomic E-state index is 12.8. The number of hydrogen-bond acceptors (Lipinski definition) is 4. The van der Waals surface area contributed by atoms with Crippen LogP contribution in [-0.2, 0) is 11.2 Å². The Bertz CT molecular complexity index is 903. The second-order valence-electron chi connectivity index (χ2n) is 7.05. The maximum atomic E-state index is 12.8. The van der Waals surface area contributed by atoms with Gasteiger partial charge in [0.05, 0.1) is 0 Å². The van der Waals surface area contributed by atoms with Gasteiger partial charge in [0.2, 0.25) is 17.6 Å². The van der Waals surface area contributed by atoms with E-state index in [4.69, 9.17) is 4.52 Å². The Hall–Kier alpha value is -2.95. The van der Waals surface area contributed by atoms with Crippen LogP contribution in [0.15, 0.2) is 59.1 Å². The molecule has 5 nitrogen and oxygen atoms in total. The molecule has 0 bridgehead atoms. The lowest BCUT2D eigenvalue weighted by atomic mass is 10.1. The molecule has 0 saturated carbocycles. The predicted octanol–water partition coefficient (Wildman–Crippen LogP) is 4.34. The molecule has 1 aromatic heterocycles. The van der Waals surface area contributed by atoms with Crippen molar-refractivity contribution in [1.82, 2.24) is 15.0 Å². The van der Waals surface area contributed by atoms with Crippen molar-refractivity contribution >= 4 is 5.91 Å². The fraction of sp³-hybridized carbons (Fsp3) is 0.318. The van der Waals surface area contributed by atoms with Crippen LogP contribution in [0.4, 0.5) is 0 Å². The van der Waals surface area contributed by atoms with Gasteiger partial charge < -0.3 is 9.42 Å². The normalized spacial score (nSPS) is 16.6. The number of carbonyl (C=O) groups excluding carboxylic acids is 1. The van der Waals surface area contributed by atoms with Gasteiger partial charge in [-0.3, -0.25) is 4.79 Å². The van der Waals surface area contributed by atoms with Gasteiger partial charge in [-0.1, -0.05) is 65.3 Å². The van der Waals surface area contributed by atoms with Gasteiger partial charge in [-0.15, -0.1) is 0 Å². The fourth-order valence-corrected chi connectivity index (χ4v) is 3.55. The first-order valence-corrected chi connectivity index (χ1v) is 9.45. The molecule has 0 aliphatic carbocycles. The molecule has 1 fully saturated rings. The summed E-state index contributed by atoms with van der Waals surface area (Å²) in [5.41, 5.74) is 3.30. The lowest BCUT2D eigenvalue weighted by molar-refractivity contribution is -0.132. The standard InChI is InChI=1S/C22H23N3O2/c1-16-9-12-18(13-10-16)21-23-22(27-24-21)19-8-5-15-25(19)20(26)14-11-17-6-3-2-4-7-17/h2-4,6-7,9-10,12-13,19H,5,8,11,14-15H2,1H3. The van der Waals surface area contributed by atoms with E-state index in [1.165, 1.54) is 11.1 Å². The summed E-state index contributed by atoms with van der Waals surface area (Å²) in [6.45, 7) is 2.80. The molecule has 3 aromatic rings. The molecule has 2 heterocycles. The smallest absolute Gasteiger partial charge is 0.249 e. The zero-order chi connectivity index (χ0) is 18.6. The van der Waals surface area contributed by atoms with Crippen molar-refractivity contribution in [3.05, 3.63) is 71.6 Å². The molecule has 1 aliphatic rings. The molecule has 1 aliphatic heterocycles. The monoisotopic (exact) mass is 361 g/mol. The van der Waals surface area contributed by atoms with Gasteiger partial charge in [0, 0.05) is 18.5 Å². The minimum Gasteiger partial charge on any atom is -0.337 e. The Morgan fingerprint density at radius 3 is 2.70 bits per heavy atom. The van der Waals surface area contributed by atoms with Crippen molar-refractivity contribution in [3.63, 3.8) is 0 Å². The van der Waals surface area contributed by atoms with E-state index < -0.39 is 0 Å². The summed E-state index contributed by atoms with van der Waals surface area (Å²) in [5.74, 6) is 1.26. The highest BCUT2D eigenvalue weighted by atomic mass is 16.5. The topological polar surface area (TPSA) is 59.2 Å². The molecule has 4 rings (SSSR count). The molecule has 1 atom stereocenters. The number of amides is 1. The van der Waals surface area contributed by atoms with E-state index >= 15 is 0 Å². The summed E-state index contributed by atoms with van der Waals surface area (Å²) < 4.78 is 5.52. The zero-order valence-corrected chi connectivity index (χ0v) is 15.5. The van der Waals surface area contributed by atoms with E-state index in [0.717, 1.165) is 31.4 Å². The highest BCUT2D eigenvalue weighted by molar-refractivity contribution is 5.77. The SMILES string of the molecule is Cc1ccc(-c2noc(C3CCCN3C(=O)CCc3ccccc3)n2)cc1. The second kappa shape index (κ2) is 7.74. The Labute approximate surface area is 159 Å². The van der Waals surface area contributed by atoms with Crippen molar-refractivity contribution in [2.75, 3.05) is 6.54 Å². The van der Waals surface area contributed by atoms with E-state index in [1.54, 1.807) is 0 Å². The van der Waals surface area contributed by atoms with Gasteiger partial charge in [0.25, 0.3) is 0 Å². The van der Waals surface area contributed by atoms with E-state index in [0.29, 0.717) is 18.1 Å². The number of hydrogen-bond donors (Lipinski definition) is 0. The number of aromatic nitrogens is 2. The molecule has 0 spiro atoms. The number of carbonyl (C=O) groups is 1. The van der Waals surface area contributed by atoms with Crippen molar-refractivity contribution in [2.24, 2.45) is 0 Å². The van der Waals surface area contributed by atoms with E-state index in [-0.39, 0.29) is 11.9 Å². The van der Waals surface area contributed by atoms with Gasteiger partial charge in [-0.25, -0.2) is 0 Å². The Morgan fingerprint density at radius 1 is 1.15 bits per heavy atom. The first kappa shape index (κ1) is 17.5. The van der Waals surface area contributed by atoms with E-state index in [9.17, 15) is 4.79 Å². The molecule has 138 valence electrons. The van der Waals surface area contributed by atoms with Crippen LogP contribution in [0.25, 0.3) is 11.4 Å². The van der Waals surface area contributed by atoms with Gasteiger partial charge in [-0.2, -0.15) is 4.98 Å². The van der Waals surface area contributed by atoms with Gasteiger partial charge >= 0.3 is 0 Å². The van der Waals surface area contributed by atoms with E-state index in [2.05, 4.69) is 22.3 Å². The summed E-state index contributed by atoms with van der Waals surface area (Å²) in [6, 6.07) is 18.0. The maximum Gasteiger partial charge on any atom is 0.249 e. The van der Waals surface area contributed by atoms with Crippen LogP contribution in [0, 0.1) is 6.92 Å². The Morgan fingerprint density at radius 2 is 1.93 bits per heavy atom. The van der Waals surface area contributed by atoms with Crippen LogP contribution >= 0.6 is 0 Å². The predicted molar refractivity (Wildman–Crippen MR) is 103 cm³/mol. The third kappa shape index (κ3) is 3.92. The second-order valence-corrected chi connectivity index (χ2v) is 7.05. The molecular weight excluding hydrogens is 338 g/mol. The van der Waals surface area contributed by atoms with Crippen molar-refractivity contribution in [2.45, 2.75) is 38.6 Å². The lowest BCUT2D eigenvalue weighted by Crippen LogP contribution is -2.30. The molecular formula is C22H23N3O2. The molecule has 1 saturated heterocycles. The highest BCUT2D eigenvalue weighted by Crippen LogP contribution is 2.32. The third-order valence-corrected chi connectivity index (χ3v) is 5.08. The number of likely N-dealkylation sites (tertiary alicyclic amines) is 1. The van der Waals surface area contributed by atoms with Crippen LogP contribution in [0.5, 0.6) is 0 Å². The first-order chi connectivity index (χ1) is 13.2. The van der Waals surface area contributed by atoms with E-state index in [1.807, 2.05) is 54.3 Å². The average molecular weight is 361 g/mol. The van der Waals surface area contributed by atoms with Crippen LogP contribution in [0.3, 0.4) is 0 Å². The molecule has 0 N–H and O–H groups in total. The molecule has 2 aromatic carbocycles.